The van der Waals surface area contributed by atoms with Gasteiger partial charge in [0.2, 0.25) is 0 Å². The molecule has 0 aliphatic rings. The summed E-state index contributed by atoms with van der Waals surface area (Å²) in [7, 11) is 0. The Hall–Kier alpha value is -2.82. The first-order valence-electron chi connectivity index (χ1n) is 9.09. The minimum atomic E-state index is -0.621. The Kier molecular flexibility index (Phi) is 6.99. The zero-order valence-corrected chi connectivity index (χ0v) is 16.3. The van der Waals surface area contributed by atoms with Crippen molar-refractivity contribution in [3.05, 3.63) is 60.2 Å². The van der Waals surface area contributed by atoms with E-state index in [1.807, 2.05) is 54.6 Å². The first-order chi connectivity index (χ1) is 12.8. The van der Waals surface area contributed by atoms with Crippen LogP contribution in [0.15, 0.2) is 54.6 Å². The zero-order chi connectivity index (χ0) is 19.9. The van der Waals surface area contributed by atoms with Gasteiger partial charge >= 0.3 is 12.1 Å². The summed E-state index contributed by atoms with van der Waals surface area (Å²) in [6, 6.07) is 17.1. The molecule has 0 saturated heterocycles. The predicted molar refractivity (Wildman–Crippen MR) is 105 cm³/mol. The number of amides is 1. The Bertz CT molecular complexity index is 765. The summed E-state index contributed by atoms with van der Waals surface area (Å²) in [4.78, 5) is 24.3. The second kappa shape index (κ2) is 9.21. The van der Waals surface area contributed by atoms with Crippen molar-refractivity contribution in [2.45, 2.75) is 45.8 Å². The van der Waals surface area contributed by atoms with Crippen molar-refractivity contribution in [3.63, 3.8) is 0 Å². The second-order valence-electron chi connectivity index (χ2n) is 7.20. The molecule has 1 amide bonds. The average Bonchev–Trinajstić information content (AvgIpc) is 2.61. The fourth-order valence-corrected chi connectivity index (χ4v) is 2.65. The summed E-state index contributed by atoms with van der Waals surface area (Å²) >= 11 is 0. The Labute approximate surface area is 160 Å². The molecular weight excluding hydrogens is 342 g/mol. The first kappa shape index (κ1) is 20.5. The molecule has 0 aromatic heterocycles. The Morgan fingerprint density at radius 2 is 1.67 bits per heavy atom. The maximum atomic E-state index is 12.3. The molecule has 0 aliphatic carbocycles. The molecule has 2 rings (SSSR count). The minimum Gasteiger partial charge on any atom is -0.466 e. The number of nitrogens with one attached hydrogen (secondary N) is 1. The number of carbonyl (C=O) groups is 2. The highest BCUT2D eigenvalue weighted by atomic mass is 16.6. The van der Waals surface area contributed by atoms with Crippen LogP contribution in [0.3, 0.4) is 0 Å². The van der Waals surface area contributed by atoms with Crippen molar-refractivity contribution in [1.82, 2.24) is 5.32 Å². The van der Waals surface area contributed by atoms with E-state index in [9.17, 15) is 9.59 Å². The molecule has 1 N–H and O–H groups in total. The smallest absolute Gasteiger partial charge is 0.408 e. The first-order valence-corrected chi connectivity index (χ1v) is 9.09. The molecule has 0 bridgehead atoms. The van der Waals surface area contributed by atoms with Crippen molar-refractivity contribution in [3.8, 4) is 11.1 Å². The van der Waals surface area contributed by atoms with Crippen LogP contribution in [-0.4, -0.2) is 24.3 Å². The molecule has 0 radical (unpaired) electrons. The fraction of sp³-hybridized carbons (Fsp3) is 0.364. The lowest BCUT2D eigenvalue weighted by molar-refractivity contribution is -0.143. The van der Waals surface area contributed by atoms with Crippen LogP contribution in [-0.2, 0) is 14.3 Å². The number of hydrogen-bond donors (Lipinski definition) is 1. The minimum absolute atomic E-state index is 0.0331. The molecule has 0 spiro atoms. The molecular formula is C22H27NO4. The SMILES string of the molecule is CCOC(=O)C[C@H](NC(=O)OC(C)(C)C)c1cccc(-c2ccccc2)c1. The van der Waals surface area contributed by atoms with Gasteiger partial charge in [-0.1, -0.05) is 48.5 Å². The highest BCUT2D eigenvalue weighted by molar-refractivity contribution is 5.74. The number of benzene rings is 2. The van der Waals surface area contributed by atoms with E-state index >= 15 is 0 Å². The molecule has 0 saturated carbocycles. The second-order valence-corrected chi connectivity index (χ2v) is 7.20. The summed E-state index contributed by atoms with van der Waals surface area (Å²) < 4.78 is 10.4. The van der Waals surface area contributed by atoms with Gasteiger partial charge in [0.05, 0.1) is 19.1 Å². The van der Waals surface area contributed by atoms with E-state index in [4.69, 9.17) is 9.47 Å². The van der Waals surface area contributed by atoms with Gasteiger partial charge in [0.15, 0.2) is 0 Å². The fourth-order valence-electron chi connectivity index (χ4n) is 2.65. The van der Waals surface area contributed by atoms with E-state index in [2.05, 4.69) is 5.32 Å². The van der Waals surface area contributed by atoms with Crippen LogP contribution in [0.1, 0.15) is 45.7 Å². The standard InChI is InChI=1S/C22H27NO4/c1-5-26-20(24)15-19(23-21(25)27-22(2,3)4)18-13-9-12-17(14-18)16-10-7-6-8-11-16/h6-14,19H,5,15H2,1-4H3,(H,23,25)/t19-/m0/s1. The van der Waals surface area contributed by atoms with E-state index in [0.29, 0.717) is 6.61 Å². The third-order valence-electron chi connectivity index (χ3n) is 3.76. The average molecular weight is 369 g/mol. The number of carbonyl (C=O) groups excluding carboxylic acids is 2. The van der Waals surface area contributed by atoms with E-state index in [1.165, 1.54) is 0 Å². The summed E-state index contributed by atoms with van der Waals surface area (Å²) in [5.74, 6) is -0.372. The number of rotatable bonds is 6. The number of hydrogen-bond acceptors (Lipinski definition) is 4. The summed E-state index contributed by atoms with van der Waals surface area (Å²) in [5.41, 5.74) is 2.26. The predicted octanol–water partition coefficient (Wildman–Crippen LogP) is 4.87. The van der Waals surface area contributed by atoms with Crippen LogP contribution in [0.25, 0.3) is 11.1 Å². The van der Waals surface area contributed by atoms with Gasteiger partial charge in [-0.25, -0.2) is 4.79 Å². The largest absolute Gasteiger partial charge is 0.466 e. The number of alkyl carbamates (subject to hydrolysis) is 1. The molecule has 0 heterocycles. The van der Waals surface area contributed by atoms with Gasteiger partial charge in [0.1, 0.15) is 5.60 Å². The molecule has 1 atom stereocenters. The van der Waals surface area contributed by atoms with Gasteiger partial charge in [0.25, 0.3) is 0 Å². The summed E-state index contributed by atoms with van der Waals surface area (Å²) in [6.45, 7) is 7.43. The van der Waals surface area contributed by atoms with Gasteiger partial charge in [-0.05, 0) is 50.5 Å². The maximum absolute atomic E-state index is 12.3. The van der Waals surface area contributed by atoms with E-state index in [-0.39, 0.29) is 12.4 Å². The lowest BCUT2D eigenvalue weighted by Gasteiger charge is -2.24. The van der Waals surface area contributed by atoms with Crippen LogP contribution < -0.4 is 5.32 Å². The lowest BCUT2D eigenvalue weighted by atomic mass is 9.98. The van der Waals surface area contributed by atoms with Gasteiger partial charge in [-0.2, -0.15) is 0 Å². The summed E-state index contributed by atoms with van der Waals surface area (Å²) in [6.07, 6.45) is -0.535. The Morgan fingerprint density at radius 3 is 2.30 bits per heavy atom. The van der Waals surface area contributed by atoms with Crippen molar-refractivity contribution in [2.24, 2.45) is 0 Å². The van der Waals surface area contributed by atoms with Gasteiger partial charge in [0, 0.05) is 0 Å². The van der Waals surface area contributed by atoms with Gasteiger partial charge < -0.3 is 14.8 Å². The molecule has 5 heteroatoms. The van der Waals surface area contributed by atoms with Crippen LogP contribution in [0.4, 0.5) is 4.79 Å². The van der Waals surface area contributed by atoms with Crippen LogP contribution in [0, 0.1) is 0 Å². The Morgan fingerprint density at radius 1 is 1.00 bits per heavy atom. The van der Waals surface area contributed by atoms with E-state index < -0.39 is 17.7 Å². The normalized spacial score (nSPS) is 12.1. The molecule has 5 nitrogen and oxygen atoms in total. The molecule has 0 aliphatic heterocycles. The summed E-state index contributed by atoms with van der Waals surface area (Å²) in [5, 5.41) is 2.80. The van der Waals surface area contributed by atoms with Crippen LogP contribution in [0.2, 0.25) is 0 Å². The van der Waals surface area contributed by atoms with Gasteiger partial charge in [-0.15, -0.1) is 0 Å². The third kappa shape index (κ3) is 6.77. The molecule has 2 aromatic rings. The topological polar surface area (TPSA) is 64.6 Å². The molecule has 0 unspecified atom stereocenters. The molecule has 0 fully saturated rings. The molecule has 144 valence electrons. The van der Waals surface area contributed by atoms with Crippen molar-refractivity contribution in [2.75, 3.05) is 6.61 Å². The van der Waals surface area contributed by atoms with Gasteiger partial charge in [-0.3, -0.25) is 4.79 Å². The maximum Gasteiger partial charge on any atom is 0.408 e. The van der Waals surface area contributed by atoms with E-state index in [1.54, 1.807) is 27.7 Å². The lowest BCUT2D eigenvalue weighted by Crippen LogP contribution is -2.36. The molecule has 27 heavy (non-hydrogen) atoms. The van der Waals surface area contributed by atoms with E-state index in [0.717, 1.165) is 16.7 Å². The van der Waals surface area contributed by atoms with Crippen LogP contribution in [0.5, 0.6) is 0 Å². The van der Waals surface area contributed by atoms with Crippen LogP contribution >= 0.6 is 0 Å². The van der Waals surface area contributed by atoms with Crippen molar-refractivity contribution >= 4 is 12.1 Å². The monoisotopic (exact) mass is 369 g/mol. The molecule has 2 aromatic carbocycles. The number of esters is 1. The number of ether oxygens (including phenoxy) is 2. The van der Waals surface area contributed by atoms with Crippen molar-refractivity contribution in [1.29, 1.82) is 0 Å². The zero-order valence-electron chi connectivity index (χ0n) is 16.3. The Balaban J connectivity index is 2.26. The highest BCUT2D eigenvalue weighted by Gasteiger charge is 2.23. The quantitative estimate of drug-likeness (QED) is 0.738. The highest BCUT2D eigenvalue weighted by Crippen LogP contribution is 2.25. The third-order valence-corrected chi connectivity index (χ3v) is 3.76. The van der Waals surface area contributed by atoms with Crippen molar-refractivity contribution < 1.29 is 19.1 Å².